The van der Waals surface area contributed by atoms with Crippen molar-refractivity contribution in [2.45, 2.75) is 155 Å². The summed E-state index contributed by atoms with van der Waals surface area (Å²) in [6, 6.07) is 0. The van der Waals surface area contributed by atoms with E-state index in [2.05, 4.69) is 38.2 Å². The Morgan fingerprint density at radius 2 is 0.818 bits per heavy atom. The summed E-state index contributed by atoms with van der Waals surface area (Å²) in [7, 11) is 0. The second-order valence-corrected chi connectivity index (χ2v) is 10.4. The van der Waals surface area contributed by atoms with Crippen molar-refractivity contribution >= 4 is 0 Å². The molecule has 0 saturated carbocycles. The van der Waals surface area contributed by atoms with Gasteiger partial charge < -0.3 is 10.2 Å². The van der Waals surface area contributed by atoms with Crippen LogP contribution in [0.4, 0.5) is 0 Å². The maximum atomic E-state index is 9.93. The lowest BCUT2D eigenvalue weighted by Gasteiger charge is -2.30. The van der Waals surface area contributed by atoms with E-state index >= 15 is 0 Å². The van der Waals surface area contributed by atoms with Gasteiger partial charge in [0.15, 0.2) is 0 Å². The number of rotatable bonds is 26. The molecule has 0 aliphatic heterocycles. The monoisotopic (exact) mass is 464 g/mol. The minimum Gasteiger partial charge on any atom is -0.396 e. The summed E-state index contributed by atoms with van der Waals surface area (Å²) in [4.78, 5) is 0. The SMILES string of the molecule is CCCCCC=CCC=CCCCCCCCCC(CO)(CO)CCCCCCCCCC. The van der Waals surface area contributed by atoms with E-state index in [9.17, 15) is 10.2 Å². The fourth-order valence-electron chi connectivity index (χ4n) is 4.61. The molecule has 2 N–H and O–H groups in total. The molecule has 0 aliphatic rings. The molecule has 0 radical (unpaired) electrons. The summed E-state index contributed by atoms with van der Waals surface area (Å²) in [5.74, 6) is 0. The van der Waals surface area contributed by atoms with E-state index in [1.807, 2.05) is 0 Å². The van der Waals surface area contributed by atoms with Crippen LogP contribution in [0.1, 0.15) is 155 Å². The Bertz CT molecular complexity index is 423. The van der Waals surface area contributed by atoms with Crippen LogP contribution in [0.5, 0.6) is 0 Å². The Balaban J connectivity index is 3.64. The Labute approximate surface area is 208 Å². The third kappa shape index (κ3) is 21.7. The zero-order chi connectivity index (χ0) is 24.3. The Hall–Kier alpha value is -0.600. The average Bonchev–Trinajstić information content (AvgIpc) is 2.84. The van der Waals surface area contributed by atoms with E-state index in [0.29, 0.717) is 0 Å². The first-order valence-corrected chi connectivity index (χ1v) is 14.8. The minimum absolute atomic E-state index is 0.139. The molecule has 0 unspecified atom stereocenters. The highest BCUT2D eigenvalue weighted by Gasteiger charge is 2.27. The molecule has 0 aromatic heterocycles. The molecule has 33 heavy (non-hydrogen) atoms. The van der Waals surface area contributed by atoms with E-state index < -0.39 is 0 Å². The maximum Gasteiger partial charge on any atom is 0.0509 e. The number of aliphatic hydroxyl groups excluding tert-OH is 2. The van der Waals surface area contributed by atoms with Gasteiger partial charge in [0.1, 0.15) is 0 Å². The Morgan fingerprint density at radius 1 is 0.455 bits per heavy atom. The molecule has 0 aliphatic carbocycles. The molecule has 2 nitrogen and oxygen atoms in total. The molecule has 0 bridgehead atoms. The van der Waals surface area contributed by atoms with E-state index in [1.165, 1.54) is 109 Å². The van der Waals surface area contributed by atoms with Crippen LogP contribution in [0.25, 0.3) is 0 Å². The van der Waals surface area contributed by atoms with Crippen LogP contribution >= 0.6 is 0 Å². The van der Waals surface area contributed by atoms with Crippen molar-refractivity contribution in [3.05, 3.63) is 24.3 Å². The molecule has 196 valence electrons. The molecule has 0 rings (SSSR count). The number of allylic oxidation sites excluding steroid dienone is 4. The van der Waals surface area contributed by atoms with Crippen LogP contribution in [-0.2, 0) is 0 Å². The highest BCUT2D eigenvalue weighted by Crippen LogP contribution is 2.31. The van der Waals surface area contributed by atoms with Crippen molar-refractivity contribution in [3.8, 4) is 0 Å². The largest absolute Gasteiger partial charge is 0.396 e. The maximum absolute atomic E-state index is 9.93. The first-order valence-electron chi connectivity index (χ1n) is 14.8. The van der Waals surface area contributed by atoms with Gasteiger partial charge in [-0.25, -0.2) is 0 Å². The third-order valence-corrected chi connectivity index (χ3v) is 7.14. The normalized spacial score (nSPS) is 12.5. The molecule has 0 amide bonds. The van der Waals surface area contributed by atoms with Crippen molar-refractivity contribution in [2.75, 3.05) is 13.2 Å². The van der Waals surface area contributed by atoms with Gasteiger partial charge in [-0.3, -0.25) is 0 Å². The standard InChI is InChI=1S/C31H60O2/c1-3-5-7-9-11-13-14-15-16-17-18-19-20-22-24-26-28-31(29-32,30-33)27-25-23-21-12-10-8-6-4-2/h11,13,15-16,32-33H,3-10,12,14,17-30H2,1-2H3. The fourth-order valence-corrected chi connectivity index (χ4v) is 4.61. The number of hydrogen-bond donors (Lipinski definition) is 2. The van der Waals surface area contributed by atoms with Crippen LogP contribution in [-0.4, -0.2) is 23.4 Å². The Kier molecular flexibility index (Phi) is 25.5. The van der Waals surface area contributed by atoms with Crippen LogP contribution < -0.4 is 0 Å². The van der Waals surface area contributed by atoms with Crippen molar-refractivity contribution in [1.82, 2.24) is 0 Å². The van der Waals surface area contributed by atoms with Gasteiger partial charge in [-0.05, 0) is 44.9 Å². The molecular weight excluding hydrogens is 404 g/mol. The highest BCUT2D eigenvalue weighted by atomic mass is 16.3. The van der Waals surface area contributed by atoms with Crippen LogP contribution in [0.15, 0.2) is 24.3 Å². The second kappa shape index (κ2) is 26.0. The van der Waals surface area contributed by atoms with Crippen molar-refractivity contribution in [2.24, 2.45) is 5.41 Å². The summed E-state index contributed by atoms with van der Waals surface area (Å²) in [5, 5.41) is 19.9. The smallest absolute Gasteiger partial charge is 0.0509 e. The lowest BCUT2D eigenvalue weighted by atomic mass is 9.79. The molecule has 0 fully saturated rings. The quantitative estimate of drug-likeness (QED) is 0.0987. The molecule has 0 saturated heterocycles. The van der Waals surface area contributed by atoms with E-state index in [-0.39, 0.29) is 18.6 Å². The number of aliphatic hydroxyl groups is 2. The third-order valence-electron chi connectivity index (χ3n) is 7.14. The van der Waals surface area contributed by atoms with Crippen molar-refractivity contribution in [1.29, 1.82) is 0 Å². The van der Waals surface area contributed by atoms with E-state index in [0.717, 1.165) is 32.1 Å². The van der Waals surface area contributed by atoms with Gasteiger partial charge in [-0.15, -0.1) is 0 Å². The van der Waals surface area contributed by atoms with E-state index in [4.69, 9.17) is 0 Å². The van der Waals surface area contributed by atoms with Crippen LogP contribution in [0.2, 0.25) is 0 Å². The molecule has 0 heterocycles. The van der Waals surface area contributed by atoms with Gasteiger partial charge in [0.05, 0.1) is 13.2 Å². The van der Waals surface area contributed by atoms with Crippen molar-refractivity contribution in [3.63, 3.8) is 0 Å². The Morgan fingerprint density at radius 3 is 1.27 bits per heavy atom. The summed E-state index contributed by atoms with van der Waals surface area (Å²) in [6.45, 7) is 4.80. The zero-order valence-corrected chi connectivity index (χ0v) is 22.7. The zero-order valence-electron chi connectivity index (χ0n) is 22.7. The molecule has 0 spiro atoms. The summed E-state index contributed by atoms with van der Waals surface area (Å²) in [6.07, 6.45) is 36.8. The molecule has 0 aromatic rings. The summed E-state index contributed by atoms with van der Waals surface area (Å²) >= 11 is 0. The minimum atomic E-state index is -0.239. The molecule has 0 atom stereocenters. The number of unbranched alkanes of at least 4 members (excludes halogenated alkanes) is 16. The first kappa shape index (κ1) is 32.4. The van der Waals surface area contributed by atoms with Gasteiger partial charge >= 0.3 is 0 Å². The van der Waals surface area contributed by atoms with Crippen molar-refractivity contribution < 1.29 is 10.2 Å². The highest BCUT2D eigenvalue weighted by molar-refractivity contribution is 4.92. The van der Waals surface area contributed by atoms with E-state index in [1.54, 1.807) is 0 Å². The lowest BCUT2D eigenvalue weighted by molar-refractivity contribution is 0.0353. The van der Waals surface area contributed by atoms with Gasteiger partial charge in [-0.1, -0.05) is 134 Å². The average molecular weight is 465 g/mol. The van der Waals surface area contributed by atoms with Crippen LogP contribution in [0.3, 0.4) is 0 Å². The topological polar surface area (TPSA) is 40.5 Å². The van der Waals surface area contributed by atoms with Gasteiger partial charge in [0, 0.05) is 5.41 Å². The first-order chi connectivity index (χ1) is 16.2. The van der Waals surface area contributed by atoms with Gasteiger partial charge in [0.25, 0.3) is 0 Å². The van der Waals surface area contributed by atoms with Crippen LogP contribution in [0, 0.1) is 5.41 Å². The van der Waals surface area contributed by atoms with Gasteiger partial charge in [-0.2, -0.15) is 0 Å². The van der Waals surface area contributed by atoms with Gasteiger partial charge in [0.2, 0.25) is 0 Å². The summed E-state index contributed by atoms with van der Waals surface area (Å²) < 4.78 is 0. The fraction of sp³-hybridized carbons (Fsp3) is 0.871. The molecule has 0 aromatic carbocycles. The molecule has 2 heteroatoms. The lowest BCUT2D eigenvalue weighted by Crippen LogP contribution is -2.29. The molecular formula is C31H60O2. The number of hydrogen-bond acceptors (Lipinski definition) is 2. The second-order valence-electron chi connectivity index (χ2n) is 10.4. The summed E-state index contributed by atoms with van der Waals surface area (Å²) in [5.41, 5.74) is -0.239. The predicted molar refractivity (Wildman–Crippen MR) is 148 cm³/mol. The predicted octanol–water partition coefficient (Wildman–Crippen LogP) is 9.69.